The summed E-state index contributed by atoms with van der Waals surface area (Å²) in [6.07, 6.45) is 3.19. The number of halogens is 2. The minimum absolute atomic E-state index is 0.0502. The molecule has 164 valence electrons. The topological polar surface area (TPSA) is 42.4 Å². The number of ether oxygens (including phenoxy) is 1. The zero-order valence-corrected chi connectivity index (χ0v) is 19.7. The van der Waals surface area contributed by atoms with Crippen LogP contribution in [0, 0.1) is 12.7 Å². The van der Waals surface area contributed by atoms with Crippen LogP contribution < -0.4 is 4.90 Å². The van der Waals surface area contributed by atoms with Gasteiger partial charge in [0.05, 0.1) is 22.9 Å². The summed E-state index contributed by atoms with van der Waals surface area (Å²) in [4.78, 5) is 20.7. The van der Waals surface area contributed by atoms with E-state index < -0.39 is 0 Å². The Balaban J connectivity index is 1.44. The molecule has 1 aliphatic heterocycles. The highest BCUT2D eigenvalue weighted by molar-refractivity contribution is 7.99. The van der Waals surface area contributed by atoms with Crippen molar-refractivity contribution >= 4 is 56.0 Å². The minimum Gasteiger partial charge on any atom is -0.376 e. The van der Waals surface area contributed by atoms with Crippen molar-refractivity contribution in [1.82, 2.24) is 4.98 Å². The Kier molecular flexibility index (Phi) is 7.48. The van der Waals surface area contributed by atoms with Crippen molar-refractivity contribution < 1.29 is 13.9 Å². The van der Waals surface area contributed by atoms with E-state index >= 15 is 0 Å². The predicted molar refractivity (Wildman–Crippen MR) is 127 cm³/mol. The molecule has 1 fully saturated rings. The molecule has 2 heterocycles. The largest absolute Gasteiger partial charge is 0.376 e. The number of anilines is 1. The number of thiazole rings is 1. The molecule has 1 saturated heterocycles. The van der Waals surface area contributed by atoms with E-state index in [0.717, 1.165) is 52.3 Å². The summed E-state index contributed by atoms with van der Waals surface area (Å²) in [6, 6.07) is 10.3. The molecule has 0 radical (unpaired) electrons. The molecule has 0 aliphatic carbocycles. The molecule has 0 spiro atoms. The molecule has 0 N–H and O–H groups in total. The van der Waals surface area contributed by atoms with E-state index in [1.807, 2.05) is 19.1 Å². The van der Waals surface area contributed by atoms with E-state index in [4.69, 9.17) is 21.3 Å². The van der Waals surface area contributed by atoms with Crippen LogP contribution in [0.4, 0.5) is 9.52 Å². The second kappa shape index (κ2) is 10.3. The molecule has 1 atom stereocenters. The van der Waals surface area contributed by atoms with Crippen LogP contribution in [0.3, 0.4) is 0 Å². The Morgan fingerprint density at radius 3 is 2.87 bits per heavy atom. The summed E-state index contributed by atoms with van der Waals surface area (Å²) in [5.74, 6) is 0.606. The number of hydrogen-bond donors (Lipinski definition) is 0. The fourth-order valence-electron chi connectivity index (χ4n) is 3.56. The van der Waals surface area contributed by atoms with Crippen molar-refractivity contribution in [2.45, 2.75) is 43.6 Å². The molecule has 1 aromatic heterocycles. The molecule has 0 bridgehead atoms. The highest BCUT2D eigenvalue weighted by atomic mass is 35.5. The first-order chi connectivity index (χ1) is 15.0. The number of benzene rings is 2. The van der Waals surface area contributed by atoms with Gasteiger partial charge in [-0.2, -0.15) is 0 Å². The van der Waals surface area contributed by atoms with E-state index in [1.54, 1.807) is 28.8 Å². The number of carbonyl (C=O) groups excluding carboxylic acids is 1. The lowest BCUT2D eigenvalue weighted by Gasteiger charge is -2.23. The number of nitrogens with zero attached hydrogens (tertiary/aromatic N) is 2. The third-order valence-electron chi connectivity index (χ3n) is 5.30. The molecule has 0 saturated carbocycles. The van der Waals surface area contributed by atoms with Crippen LogP contribution in [0.2, 0.25) is 5.02 Å². The van der Waals surface area contributed by atoms with Gasteiger partial charge in [0.15, 0.2) is 5.13 Å². The van der Waals surface area contributed by atoms with Gasteiger partial charge >= 0.3 is 0 Å². The molecule has 4 nitrogen and oxygen atoms in total. The molecular formula is C23H24ClFN2O2S2. The van der Waals surface area contributed by atoms with Crippen molar-refractivity contribution in [3.63, 3.8) is 0 Å². The van der Waals surface area contributed by atoms with Crippen molar-refractivity contribution in [3.8, 4) is 0 Å². The zero-order chi connectivity index (χ0) is 21.8. The van der Waals surface area contributed by atoms with E-state index in [-0.39, 0.29) is 17.8 Å². The first-order valence-electron chi connectivity index (χ1n) is 10.4. The molecule has 4 rings (SSSR count). The summed E-state index contributed by atoms with van der Waals surface area (Å²) >= 11 is 9.41. The molecule has 31 heavy (non-hydrogen) atoms. The van der Waals surface area contributed by atoms with Crippen LogP contribution in [-0.2, 0) is 9.53 Å². The van der Waals surface area contributed by atoms with E-state index in [0.29, 0.717) is 23.1 Å². The van der Waals surface area contributed by atoms with Gasteiger partial charge in [-0.15, -0.1) is 11.8 Å². The number of thioether (sulfide) groups is 1. The maximum Gasteiger partial charge on any atom is 0.228 e. The Hall–Kier alpha value is -1.67. The molecule has 1 aliphatic rings. The normalized spacial score (nSPS) is 16.2. The molecule has 1 unspecified atom stereocenters. The Bertz CT molecular complexity index is 1050. The maximum atomic E-state index is 13.2. The fraction of sp³-hybridized carbons (Fsp3) is 0.391. The Morgan fingerprint density at radius 2 is 2.13 bits per heavy atom. The smallest absolute Gasteiger partial charge is 0.228 e. The number of fused-ring (bicyclic) bond motifs is 1. The maximum absolute atomic E-state index is 13.2. The SMILES string of the molecule is Cc1c(Cl)ccc2sc(N(CC3CCCO3)C(=O)CCCSc3ccc(F)cc3)nc12. The van der Waals surface area contributed by atoms with Crippen molar-refractivity contribution in [2.75, 3.05) is 23.8 Å². The van der Waals surface area contributed by atoms with Gasteiger partial charge in [0.2, 0.25) is 5.91 Å². The summed E-state index contributed by atoms with van der Waals surface area (Å²) in [5.41, 5.74) is 1.78. The molecule has 8 heteroatoms. The van der Waals surface area contributed by atoms with Crippen LogP contribution >= 0.6 is 34.7 Å². The lowest BCUT2D eigenvalue weighted by atomic mass is 10.2. The van der Waals surface area contributed by atoms with Crippen LogP contribution in [0.1, 0.15) is 31.2 Å². The molecular weight excluding hydrogens is 455 g/mol. The number of carbonyl (C=O) groups is 1. The standard InChI is InChI=1S/C23H24ClFN2O2S2/c1-15-19(24)10-11-20-22(15)26-23(31-20)27(14-17-4-2-12-29-17)21(28)5-3-13-30-18-8-6-16(25)7-9-18/h6-11,17H,2-5,12-14H2,1H3. The van der Waals surface area contributed by atoms with Crippen molar-refractivity contribution in [1.29, 1.82) is 0 Å². The van der Waals surface area contributed by atoms with Gasteiger partial charge in [0.1, 0.15) is 5.82 Å². The van der Waals surface area contributed by atoms with Crippen LogP contribution in [0.5, 0.6) is 0 Å². The second-order valence-corrected chi connectivity index (χ2v) is 10.1. The lowest BCUT2D eigenvalue weighted by Crippen LogP contribution is -2.37. The Labute approximate surface area is 194 Å². The minimum atomic E-state index is -0.239. The summed E-state index contributed by atoms with van der Waals surface area (Å²) in [7, 11) is 0. The van der Waals surface area contributed by atoms with Gasteiger partial charge in [-0.3, -0.25) is 9.69 Å². The van der Waals surface area contributed by atoms with Gasteiger partial charge in [0, 0.05) is 22.9 Å². The third kappa shape index (κ3) is 5.58. The summed E-state index contributed by atoms with van der Waals surface area (Å²) in [6.45, 7) is 3.22. The van der Waals surface area contributed by atoms with E-state index in [9.17, 15) is 9.18 Å². The van der Waals surface area contributed by atoms with Gasteiger partial charge < -0.3 is 4.74 Å². The predicted octanol–water partition coefficient (Wildman–Crippen LogP) is 6.48. The van der Waals surface area contributed by atoms with Crippen LogP contribution in [0.25, 0.3) is 10.2 Å². The highest BCUT2D eigenvalue weighted by Gasteiger charge is 2.26. The molecule has 2 aromatic carbocycles. The van der Waals surface area contributed by atoms with Crippen LogP contribution in [0.15, 0.2) is 41.3 Å². The number of hydrogen-bond acceptors (Lipinski definition) is 5. The highest BCUT2D eigenvalue weighted by Crippen LogP contribution is 2.34. The Morgan fingerprint density at radius 1 is 1.32 bits per heavy atom. The van der Waals surface area contributed by atoms with Crippen molar-refractivity contribution in [3.05, 3.63) is 52.8 Å². The molecule has 1 amide bonds. The van der Waals surface area contributed by atoms with Gasteiger partial charge in [0.25, 0.3) is 0 Å². The average Bonchev–Trinajstić information content (AvgIpc) is 3.43. The first-order valence-corrected chi connectivity index (χ1v) is 12.6. The lowest BCUT2D eigenvalue weighted by molar-refractivity contribution is -0.119. The van der Waals surface area contributed by atoms with Gasteiger partial charge in [-0.25, -0.2) is 9.37 Å². The molecule has 3 aromatic rings. The monoisotopic (exact) mass is 478 g/mol. The number of amides is 1. The third-order valence-corrected chi connectivity index (χ3v) is 7.85. The van der Waals surface area contributed by atoms with E-state index in [2.05, 4.69) is 0 Å². The van der Waals surface area contributed by atoms with E-state index in [1.165, 1.54) is 23.5 Å². The van der Waals surface area contributed by atoms with Gasteiger partial charge in [-0.1, -0.05) is 22.9 Å². The van der Waals surface area contributed by atoms with Gasteiger partial charge in [-0.05, 0) is 73.9 Å². The van der Waals surface area contributed by atoms with Crippen molar-refractivity contribution in [2.24, 2.45) is 0 Å². The first kappa shape index (κ1) is 22.5. The second-order valence-electron chi connectivity index (χ2n) is 7.56. The average molecular weight is 479 g/mol. The summed E-state index contributed by atoms with van der Waals surface area (Å²) in [5, 5.41) is 1.38. The number of aryl methyl sites for hydroxylation is 1. The zero-order valence-electron chi connectivity index (χ0n) is 17.3. The van der Waals surface area contributed by atoms with Crippen LogP contribution in [-0.4, -0.2) is 35.9 Å². The summed E-state index contributed by atoms with van der Waals surface area (Å²) < 4.78 is 19.9. The number of rotatable bonds is 8. The fourth-order valence-corrected chi connectivity index (χ4v) is 5.62. The quantitative estimate of drug-likeness (QED) is 0.274. The number of aromatic nitrogens is 1.